The molecule has 1 aliphatic carbocycles. The van der Waals surface area contributed by atoms with Gasteiger partial charge in [0, 0.05) is 26.1 Å². The van der Waals surface area contributed by atoms with Gasteiger partial charge in [0.15, 0.2) is 0 Å². The average molecular weight is 454 g/mol. The predicted octanol–water partition coefficient (Wildman–Crippen LogP) is 2.97. The van der Waals surface area contributed by atoms with Crippen LogP contribution in [0.2, 0.25) is 0 Å². The molecule has 0 aromatic heterocycles. The summed E-state index contributed by atoms with van der Waals surface area (Å²) in [6, 6.07) is 7.26. The quantitative estimate of drug-likeness (QED) is 0.436. The third-order valence-electron chi connectivity index (χ3n) is 6.56. The number of likely N-dealkylation sites (tertiary alicyclic amines) is 1. The van der Waals surface area contributed by atoms with E-state index in [2.05, 4.69) is 5.32 Å². The molecule has 0 bridgehead atoms. The molecular formula is C26H35N3O4. The highest BCUT2D eigenvalue weighted by Gasteiger charge is 2.47. The zero-order valence-corrected chi connectivity index (χ0v) is 19.9. The number of carbonyl (C=O) groups excluding carboxylic acids is 4. The summed E-state index contributed by atoms with van der Waals surface area (Å²) in [6.07, 6.45) is 6.35. The lowest BCUT2D eigenvalue weighted by Crippen LogP contribution is -2.49. The number of hydrogen-bond donors (Lipinski definition) is 1. The van der Waals surface area contributed by atoms with Crippen LogP contribution in [0.4, 0.5) is 0 Å². The maximum Gasteiger partial charge on any atom is 0.242 e. The normalized spacial score (nSPS) is 20.5. The molecule has 1 fully saturated rings. The van der Waals surface area contributed by atoms with Crippen LogP contribution in [0, 0.1) is 18.8 Å². The van der Waals surface area contributed by atoms with Gasteiger partial charge in [0.25, 0.3) is 0 Å². The third-order valence-corrected chi connectivity index (χ3v) is 6.56. The number of nitrogens with one attached hydrogen (secondary N) is 1. The number of carbonyl (C=O) groups is 4. The van der Waals surface area contributed by atoms with Crippen LogP contribution in [0.5, 0.6) is 0 Å². The second-order valence-electron chi connectivity index (χ2n) is 8.96. The van der Waals surface area contributed by atoms with Gasteiger partial charge in [-0.2, -0.15) is 0 Å². The van der Waals surface area contributed by atoms with Gasteiger partial charge in [-0.3, -0.25) is 24.1 Å². The number of amides is 4. The molecule has 0 unspecified atom stereocenters. The van der Waals surface area contributed by atoms with Crippen molar-refractivity contribution in [3.8, 4) is 0 Å². The van der Waals surface area contributed by atoms with Gasteiger partial charge < -0.3 is 10.2 Å². The lowest BCUT2D eigenvalue weighted by atomic mass is 9.85. The first kappa shape index (κ1) is 24.7. The van der Waals surface area contributed by atoms with E-state index in [1.165, 1.54) is 4.90 Å². The van der Waals surface area contributed by atoms with E-state index < -0.39 is 6.04 Å². The number of nitrogens with zero attached hydrogens (tertiary/aromatic N) is 2. The topological polar surface area (TPSA) is 86.8 Å². The van der Waals surface area contributed by atoms with Crippen LogP contribution < -0.4 is 5.32 Å². The molecule has 0 saturated carbocycles. The molecule has 1 N–H and O–H groups in total. The number of rotatable bonds is 10. The largest absolute Gasteiger partial charge is 0.354 e. The molecular weight excluding hydrogens is 418 g/mol. The van der Waals surface area contributed by atoms with E-state index in [0.717, 1.165) is 17.5 Å². The highest BCUT2D eigenvalue weighted by Crippen LogP contribution is 2.35. The minimum Gasteiger partial charge on any atom is -0.354 e. The monoisotopic (exact) mass is 453 g/mol. The van der Waals surface area contributed by atoms with Gasteiger partial charge in [-0.1, -0.05) is 55.8 Å². The van der Waals surface area contributed by atoms with Gasteiger partial charge in [0.05, 0.1) is 11.8 Å². The summed E-state index contributed by atoms with van der Waals surface area (Å²) in [6.45, 7) is 6.77. The van der Waals surface area contributed by atoms with E-state index in [1.54, 1.807) is 4.90 Å². The summed E-state index contributed by atoms with van der Waals surface area (Å²) in [5, 5.41) is 2.90. The van der Waals surface area contributed by atoms with E-state index in [-0.39, 0.29) is 48.4 Å². The Labute approximate surface area is 196 Å². The Hall–Kier alpha value is -2.96. The molecule has 3 rings (SSSR count). The number of allylic oxidation sites excluding steroid dienone is 2. The fraction of sp³-hybridized carbons (Fsp3) is 0.538. The van der Waals surface area contributed by atoms with Crippen molar-refractivity contribution >= 4 is 23.6 Å². The van der Waals surface area contributed by atoms with Crippen LogP contribution in [-0.2, 0) is 25.7 Å². The molecule has 7 nitrogen and oxygen atoms in total. The van der Waals surface area contributed by atoms with Crippen molar-refractivity contribution in [3.63, 3.8) is 0 Å². The Kier molecular flexibility index (Phi) is 8.42. The van der Waals surface area contributed by atoms with Gasteiger partial charge >= 0.3 is 0 Å². The molecule has 1 aromatic carbocycles. The van der Waals surface area contributed by atoms with Gasteiger partial charge in [-0.05, 0) is 38.2 Å². The fourth-order valence-electron chi connectivity index (χ4n) is 4.62. The zero-order valence-electron chi connectivity index (χ0n) is 19.9. The van der Waals surface area contributed by atoms with Crippen LogP contribution in [0.1, 0.15) is 57.1 Å². The van der Waals surface area contributed by atoms with E-state index >= 15 is 0 Å². The van der Waals surface area contributed by atoms with Crippen molar-refractivity contribution < 1.29 is 19.2 Å². The molecule has 0 radical (unpaired) electrons. The molecule has 1 heterocycles. The smallest absolute Gasteiger partial charge is 0.242 e. The number of hydrogen-bond acceptors (Lipinski definition) is 4. The maximum absolute atomic E-state index is 13.4. The second kappa shape index (κ2) is 11.3. The van der Waals surface area contributed by atoms with Gasteiger partial charge in [0.2, 0.25) is 23.6 Å². The minimum atomic E-state index is -0.609. The van der Waals surface area contributed by atoms with Crippen LogP contribution in [0.3, 0.4) is 0 Å². The standard InChI is InChI=1S/C26H35N3O4/c1-4-15-27-24(31)22(5-2)29(17-19-12-10-18(3)11-13-19)23(30)14-16-28-25(32)20-8-6-7-9-21(20)26(28)33/h6-7,10-13,20-22H,4-5,8-9,14-17H2,1-3H3,(H,27,31)/t20-,21+,22-/m0/s1. The Morgan fingerprint density at radius 2 is 1.67 bits per heavy atom. The summed E-state index contributed by atoms with van der Waals surface area (Å²) in [4.78, 5) is 54.5. The first-order chi connectivity index (χ1) is 15.9. The first-order valence-corrected chi connectivity index (χ1v) is 12.0. The maximum atomic E-state index is 13.4. The molecule has 4 amide bonds. The molecule has 1 saturated heterocycles. The van der Waals surface area contributed by atoms with Crippen LogP contribution in [0.25, 0.3) is 0 Å². The lowest BCUT2D eigenvalue weighted by Gasteiger charge is -2.31. The van der Waals surface area contributed by atoms with Crippen molar-refractivity contribution in [1.82, 2.24) is 15.1 Å². The molecule has 1 aliphatic heterocycles. The zero-order chi connectivity index (χ0) is 24.0. The highest BCUT2D eigenvalue weighted by molar-refractivity contribution is 6.05. The van der Waals surface area contributed by atoms with E-state index in [4.69, 9.17) is 0 Å². The van der Waals surface area contributed by atoms with Gasteiger partial charge in [-0.25, -0.2) is 0 Å². The highest BCUT2D eigenvalue weighted by atomic mass is 16.2. The molecule has 3 atom stereocenters. The Balaban J connectivity index is 1.73. The summed E-state index contributed by atoms with van der Waals surface area (Å²) in [5.74, 6) is -1.37. The molecule has 2 aliphatic rings. The third kappa shape index (κ3) is 5.70. The van der Waals surface area contributed by atoms with Crippen molar-refractivity contribution in [1.29, 1.82) is 0 Å². The summed E-state index contributed by atoms with van der Waals surface area (Å²) in [5.41, 5.74) is 2.05. The van der Waals surface area contributed by atoms with E-state index in [1.807, 2.05) is 57.2 Å². The number of imide groups is 1. The van der Waals surface area contributed by atoms with Crippen molar-refractivity contribution in [2.75, 3.05) is 13.1 Å². The number of benzene rings is 1. The number of fused-ring (bicyclic) bond motifs is 1. The van der Waals surface area contributed by atoms with E-state index in [9.17, 15) is 19.2 Å². The Morgan fingerprint density at radius 3 is 2.21 bits per heavy atom. The molecule has 1 aromatic rings. The van der Waals surface area contributed by atoms with Crippen LogP contribution >= 0.6 is 0 Å². The van der Waals surface area contributed by atoms with Crippen LogP contribution in [0.15, 0.2) is 36.4 Å². The minimum absolute atomic E-state index is 0.00771. The van der Waals surface area contributed by atoms with Gasteiger partial charge in [-0.15, -0.1) is 0 Å². The van der Waals surface area contributed by atoms with Crippen molar-refractivity contribution in [3.05, 3.63) is 47.5 Å². The van der Waals surface area contributed by atoms with Crippen molar-refractivity contribution in [2.24, 2.45) is 11.8 Å². The lowest BCUT2D eigenvalue weighted by molar-refractivity contribution is -0.144. The Morgan fingerprint density at radius 1 is 1.06 bits per heavy atom. The molecule has 33 heavy (non-hydrogen) atoms. The Bertz CT molecular complexity index is 883. The summed E-state index contributed by atoms with van der Waals surface area (Å²) in [7, 11) is 0. The first-order valence-electron chi connectivity index (χ1n) is 12.0. The summed E-state index contributed by atoms with van der Waals surface area (Å²) < 4.78 is 0. The predicted molar refractivity (Wildman–Crippen MR) is 126 cm³/mol. The van der Waals surface area contributed by atoms with Crippen LogP contribution in [-0.4, -0.2) is 52.6 Å². The van der Waals surface area contributed by atoms with Gasteiger partial charge in [0.1, 0.15) is 6.04 Å². The van der Waals surface area contributed by atoms with E-state index in [0.29, 0.717) is 32.4 Å². The fourth-order valence-corrected chi connectivity index (χ4v) is 4.62. The van der Waals surface area contributed by atoms with Crippen molar-refractivity contribution in [2.45, 2.75) is 65.5 Å². The average Bonchev–Trinajstić information content (AvgIpc) is 3.07. The molecule has 7 heteroatoms. The summed E-state index contributed by atoms with van der Waals surface area (Å²) >= 11 is 0. The molecule has 0 spiro atoms. The second-order valence-corrected chi connectivity index (χ2v) is 8.96. The molecule has 178 valence electrons. The number of aryl methyl sites for hydroxylation is 1. The SMILES string of the molecule is CCCNC(=O)[C@H](CC)N(Cc1ccc(C)cc1)C(=O)CCN1C(=O)[C@H]2CC=CC[C@H]2C1=O.